The maximum atomic E-state index is 9.89. The molecule has 0 heterocycles. The SMILES string of the molecule is CC(CC(CC(C)(C(=N)N)c1ccc(O)cc1)(C(=N)N)c1ccc(O)cc1)c1ccc(O)cc1. The van der Waals surface area contributed by atoms with Crippen LogP contribution in [0.4, 0.5) is 0 Å². The maximum Gasteiger partial charge on any atom is 0.115 e. The highest BCUT2D eigenvalue weighted by atomic mass is 16.3. The normalized spacial score (nSPS) is 15.6. The summed E-state index contributed by atoms with van der Waals surface area (Å²) < 4.78 is 0. The van der Waals surface area contributed by atoms with Crippen molar-refractivity contribution < 1.29 is 15.3 Å². The number of hydrogen-bond donors (Lipinski definition) is 7. The van der Waals surface area contributed by atoms with E-state index in [9.17, 15) is 15.3 Å². The van der Waals surface area contributed by atoms with Crippen molar-refractivity contribution in [1.82, 2.24) is 0 Å². The lowest BCUT2D eigenvalue weighted by Crippen LogP contribution is -2.50. The molecule has 7 nitrogen and oxygen atoms in total. The topological polar surface area (TPSA) is 160 Å². The van der Waals surface area contributed by atoms with Crippen LogP contribution in [0.1, 0.15) is 49.3 Å². The van der Waals surface area contributed by atoms with Gasteiger partial charge in [-0.15, -0.1) is 0 Å². The summed E-state index contributed by atoms with van der Waals surface area (Å²) in [6.07, 6.45) is 0.654. The van der Waals surface area contributed by atoms with Crippen LogP contribution in [0.15, 0.2) is 72.8 Å². The number of hydrogen-bond acceptors (Lipinski definition) is 5. The molecular weight excluding hydrogens is 428 g/mol. The van der Waals surface area contributed by atoms with Crippen LogP contribution in [-0.2, 0) is 10.8 Å². The standard InChI is InChI=1S/C27H32N4O3/c1-17(18-3-9-21(32)10-4-18)15-27(25(30)31,20-7-13-23(34)14-8-20)16-26(2,24(28)29)19-5-11-22(33)12-6-19/h3-14,17,32-34H,15-16H2,1-2H3,(H3,28,29)(H3,30,31). The van der Waals surface area contributed by atoms with Gasteiger partial charge in [0.2, 0.25) is 0 Å². The minimum absolute atomic E-state index is 0.0608. The highest BCUT2D eigenvalue weighted by Crippen LogP contribution is 2.45. The Morgan fingerprint density at radius 1 is 0.735 bits per heavy atom. The lowest BCUT2D eigenvalue weighted by Gasteiger charge is -2.43. The van der Waals surface area contributed by atoms with Crippen LogP contribution in [-0.4, -0.2) is 27.0 Å². The molecular formula is C27H32N4O3. The van der Waals surface area contributed by atoms with Gasteiger partial charge in [0, 0.05) is 0 Å². The fourth-order valence-corrected chi connectivity index (χ4v) is 4.66. The molecule has 3 atom stereocenters. The summed E-state index contributed by atoms with van der Waals surface area (Å²) in [5, 5.41) is 46.5. The number of nitrogens with one attached hydrogen (secondary N) is 2. The van der Waals surface area contributed by atoms with Crippen molar-refractivity contribution in [3.63, 3.8) is 0 Å². The van der Waals surface area contributed by atoms with Crippen molar-refractivity contribution in [2.45, 2.75) is 43.4 Å². The summed E-state index contributed by atoms with van der Waals surface area (Å²) >= 11 is 0. The third kappa shape index (κ3) is 4.83. The Morgan fingerprint density at radius 2 is 1.15 bits per heavy atom. The Morgan fingerprint density at radius 3 is 1.56 bits per heavy atom. The molecule has 9 N–H and O–H groups in total. The largest absolute Gasteiger partial charge is 0.508 e. The Bertz CT molecular complexity index is 1160. The van der Waals surface area contributed by atoms with E-state index in [-0.39, 0.29) is 41.3 Å². The van der Waals surface area contributed by atoms with Gasteiger partial charge in [-0.2, -0.15) is 0 Å². The molecule has 0 aromatic heterocycles. The summed E-state index contributed by atoms with van der Waals surface area (Å²) in [6, 6.07) is 20.1. The van der Waals surface area contributed by atoms with Gasteiger partial charge in [-0.05, 0) is 78.8 Å². The average Bonchev–Trinajstić information content (AvgIpc) is 2.79. The Hall–Kier alpha value is -4.00. The number of benzene rings is 3. The first kappa shape index (κ1) is 24.6. The molecule has 0 bridgehead atoms. The van der Waals surface area contributed by atoms with Crippen molar-refractivity contribution in [3.05, 3.63) is 89.5 Å². The molecule has 0 radical (unpaired) electrons. The van der Waals surface area contributed by atoms with Crippen LogP contribution in [0, 0.1) is 10.8 Å². The monoisotopic (exact) mass is 460 g/mol. The van der Waals surface area contributed by atoms with E-state index in [0.29, 0.717) is 6.42 Å². The van der Waals surface area contributed by atoms with Gasteiger partial charge in [-0.25, -0.2) is 0 Å². The number of aromatic hydroxyl groups is 3. The second kappa shape index (κ2) is 9.47. The molecule has 7 heteroatoms. The van der Waals surface area contributed by atoms with Gasteiger partial charge in [0.1, 0.15) is 28.9 Å². The van der Waals surface area contributed by atoms with Crippen LogP contribution < -0.4 is 11.5 Å². The van der Waals surface area contributed by atoms with Gasteiger partial charge in [0.25, 0.3) is 0 Å². The summed E-state index contributed by atoms with van der Waals surface area (Å²) in [7, 11) is 0. The molecule has 3 aromatic rings. The number of nitrogens with two attached hydrogens (primary N) is 2. The van der Waals surface area contributed by atoms with Crippen LogP contribution in [0.3, 0.4) is 0 Å². The fraction of sp³-hybridized carbons (Fsp3) is 0.259. The van der Waals surface area contributed by atoms with Gasteiger partial charge >= 0.3 is 0 Å². The molecule has 0 saturated heterocycles. The summed E-state index contributed by atoms with van der Waals surface area (Å²) in [5.74, 6) is 0.153. The molecule has 0 fully saturated rings. The van der Waals surface area contributed by atoms with Crippen LogP contribution in [0.25, 0.3) is 0 Å². The Labute approximate surface area is 199 Å². The first-order valence-electron chi connectivity index (χ1n) is 11.0. The fourth-order valence-electron chi connectivity index (χ4n) is 4.66. The molecule has 0 aliphatic rings. The Kier molecular flexibility index (Phi) is 6.86. The molecule has 0 aliphatic heterocycles. The zero-order valence-electron chi connectivity index (χ0n) is 19.4. The van der Waals surface area contributed by atoms with E-state index in [4.69, 9.17) is 22.3 Å². The van der Waals surface area contributed by atoms with Gasteiger partial charge in [-0.3, -0.25) is 10.8 Å². The number of rotatable bonds is 9. The van der Waals surface area contributed by atoms with Crippen LogP contribution in [0.5, 0.6) is 17.2 Å². The predicted octanol–water partition coefficient (Wildman–Crippen LogP) is 4.45. The molecule has 0 saturated carbocycles. The summed E-state index contributed by atoms with van der Waals surface area (Å²) in [5.41, 5.74) is 12.9. The molecule has 0 aliphatic carbocycles. The molecule has 0 spiro atoms. The minimum Gasteiger partial charge on any atom is -0.508 e. The van der Waals surface area contributed by atoms with Crippen LogP contribution >= 0.6 is 0 Å². The van der Waals surface area contributed by atoms with Gasteiger partial charge in [-0.1, -0.05) is 43.3 Å². The van der Waals surface area contributed by atoms with Crippen molar-refractivity contribution in [2.24, 2.45) is 11.5 Å². The van der Waals surface area contributed by atoms with Crippen molar-refractivity contribution >= 4 is 11.7 Å². The van der Waals surface area contributed by atoms with E-state index in [1.54, 1.807) is 60.7 Å². The number of amidine groups is 2. The molecule has 0 amide bonds. The number of phenols is 3. The Balaban J connectivity index is 2.17. The van der Waals surface area contributed by atoms with Gasteiger partial charge < -0.3 is 26.8 Å². The lowest BCUT2D eigenvalue weighted by molar-refractivity contribution is 0.377. The number of phenolic OH excluding ortho intramolecular Hbond substituents is 3. The average molecular weight is 461 g/mol. The zero-order valence-corrected chi connectivity index (χ0v) is 19.4. The third-order valence-corrected chi connectivity index (χ3v) is 6.81. The lowest BCUT2D eigenvalue weighted by atomic mass is 9.61. The smallest absolute Gasteiger partial charge is 0.115 e. The first-order valence-corrected chi connectivity index (χ1v) is 11.0. The molecule has 34 heavy (non-hydrogen) atoms. The second-order valence-corrected chi connectivity index (χ2v) is 9.21. The van der Waals surface area contributed by atoms with E-state index in [1.807, 2.05) is 26.0 Å². The zero-order chi connectivity index (χ0) is 25.1. The van der Waals surface area contributed by atoms with Gasteiger partial charge in [0.15, 0.2) is 0 Å². The molecule has 3 aromatic carbocycles. The molecule has 3 rings (SSSR count). The van der Waals surface area contributed by atoms with E-state index in [0.717, 1.165) is 16.7 Å². The first-order chi connectivity index (χ1) is 16.0. The minimum atomic E-state index is -1.02. The van der Waals surface area contributed by atoms with Gasteiger partial charge in [0.05, 0.1) is 10.8 Å². The highest BCUT2D eigenvalue weighted by molar-refractivity contribution is 5.93. The molecule has 178 valence electrons. The maximum absolute atomic E-state index is 9.89. The predicted molar refractivity (Wildman–Crippen MR) is 135 cm³/mol. The van der Waals surface area contributed by atoms with E-state index >= 15 is 0 Å². The van der Waals surface area contributed by atoms with E-state index < -0.39 is 10.8 Å². The van der Waals surface area contributed by atoms with Crippen LogP contribution in [0.2, 0.25) is 0 Å². The van der Waals surface area contributed by atoms with Crippen molar-refractivity contribution in [3.8, 4) is 17.2 Å². The van der Waals surface area contributed by atoms with E-state index in [2.05, 4.69) is 0 Å². The quantitative estimate of drug-likeness (QED) is 0.185. The summed E-state index contributed by atoms with van der Waals surface area (Å²) in [6.45, 7) is 3.86. The molecule has 3 unspecified atom stereocenters. The third-order valence-electron chi connectivity index (χ3n) is 6.81. The highest BCUT2D eigenvalue weighted by Gasteiger charge is 2.46. The van der Waals surface area contributed by atoms with Crippen molar-refractivity contribution in [1.29, 1.82) is 10.8 Å². The summed E-state index contributed by atoms with van der Waals surface area (Å²) in [4.78, 5) is 0. The van der Waals surface area contributed by atoms with Crippen molar-refractivity contribution in [2.75, 3.05) is 0 Å². The second-order valence-electron chi connectivity index (χ2n) is 9.21. The van der Waals surface area contributed by atoms with E-state index in [1.165, 1.54) is 0 Å².